The molecule has 3 aromatic heterocycles. The van der Waals surface area contributed by atoms with Crippen LogP contribution in [0, 0.1) is 0 Å². The number of fused-ring (bicyclic) bond motifs is 7. The molecule has 0 atom stereocenters. The fourth-order valence-electron chi connectivity index (χ4n) is 9.32. The Labute approximate surface area is 347 Å². The lowest BCUT2D eigenvalue weighted by Crippen LogP contribution is -1.97. The van der Waals surface area contributed by atoms with Crippen LogP contribution in [-0.2, 0) is 0 Å². The maximum Gasteiger partial charge on any atom is 0.0716 e. The number of rotatable bonds is 6. The lowest BCUT2D eigenvalue weighted by molar-refractivity contribution is 1.17. The summed E-state index contributed by atoms with van der Waals surface area (Å²) in [4.78, 5) is 5.47. The molecule has 9 aromatic carbocycles. The fraction of sp³-hybridized carbons (Fsp3) is 0. The molecule has 0 saturated carbocycles. The van der Waals surface area contributed by atoms with E-state index in [0.717, 1.165) is 45.0 Å². The van der Waals surface area contributed by atoms with Gasteiger partial charge in [0.1, 0.15) is 0 Å². The van der Waals surface area contributed by atoms with Crippen molar-refractivity contribution < 1.29 is 0 Å². The summed E-state index contributed by atoms with van der Waals surface area (Å²) in [5.41, 5.74) is 15.6. The van der Waals surface area contributed by atoms with E-state index in [2.05, 4.69) is 234 Å². The molecule has 0 amide bonds. The molecule has 0 unspecified atom stereocenters. The second-order valence-corrected chi connectivity index (χ2v) is 15.6. The van der Waals surface area contributed by atoms with E-state index in [1.165, 1.54) is 65.5 Å². The summed E-state index contributed by atoms with van der Waals surface area (Å²) in [5, 5.41) is 7.49. The smallest absolute Gasteiger partial charge is 0.0716 e. The molecule has 3 heteroatoms. The Morgan fingerprint density at radius 2 is 0.667 bits per heavy atom. The second-order valence-electron chi connectivity index (χ2n) is 15.6. The number of pyridine rings is 1. The van der Waals surface area contributed by atoms with Crippen molar-refractivity contribution in [3.05, 3.63) is 224 Å². The molecule has 0 aliphatic heterocycles. The van der Waals surface area contributed by atoms with Crippen LogP contribution in [0.1, 0.15) is 0 Å². The van der Waals surface area contributed by atoms with Gasteiger partial charge in [-0.25, -0.2) is 4.98 Å². The zero-order valence-corrected chi connectivity index (χ0v) is 32.7. The largest absolute Gasteiger partial charge is 0.309 e. The van der Waals surface area contributed by atoms with E-state index in [1.54, 1.807) is 0 Å². The van der Waals surface area contributed by atoms with Crippen molar-refractivity contribution in [3.8, 4) is 56.1 Å². The van der Waals surface area contributed by atoms with Crippen LogP contribution in [0.4, 0.5) is 0 Å². The van der Waals surface area contributed by atoms with Gasteiger partial charge in [0.2, 0.25) is 0 Å². The molecular weight excluding hydrogens is 727 g/mol. The van der Waals surface area contributed by atoms with Crippen molar-refractivity contribution in [2.75, 3.05) is 0 Å². The predicted molar refractivity (Wildman–Crippen MR) is 252 cm³/mol. The topological polar surface area (TPSA) is 22.8 Å². The summed E-state index contributed by atoms with van der Waals surface area (Å²) < 4.78 is 4.75. The number of benzene rings is 9. The van der Waals surface area contributed by atoms with Crippen LogP contribution in [0.3, 0.4) is 0 Å². The van der Waals surface area contributed by atoms with Crippen LogP contribution in [-0.4, -0.2) is 14.1 Å². The summed E-state index contributed by atoms with van der Waals surface area (Å²) in [6, 6.07) is 81.0. The Morgan fingerprint density at radius 1 is 0.267 bits per heavy atom. The highest BCUT2D eigenvalue weighted by Gasteiger charge is 2.16. The maximum atomic E-state index is 5.47. The minimum atomic E-state index is 0.922. The number of para-hydroxylation sites is 4. The molecule has 60 heavy (non-hydrogen) atoms. The molecule has 12 rings (SSSR count). The highest BCUT2D eigenvalue weighted by Crippen LogP contribution is 2.38. The number of aromatic nitrogens is 3. The van der Waals surface area contributed by atoms with Crippen LogP contribution >= 0.6 is 0 Å². The van der Waals surface area contributed by atoms with Crippen LogP contribution < -0.4 is 0 Å². The first-order chi connectivity index (χ1) is 29.7. The van der Waals surface area contributed by atoms with Crippen LogP contribution in [0.15, 0.2) is 224 Å². The summed E-state index contributed by atoms with van der Waals surface area (Å²) in [6.07, 6.45) is 0. The normalized spacial score (nSPS) is 11.7. The highest BCUT2D eigenvalue weighted by atomic mass is 15.0. The molecule has 0 bridgehead atoms. The van der Waals surface area contributed by atoms with Gasteiger partial charge in [0.05, 0.1) is 33.5 Å². The van der Waals surface area contributed by atoms with Gasteiger partial charge >= 0.3 is 0 Å². The molecule has 0 spiro atoms. The molecule has 0 aliphatic carbocycles. The van der Waals surface area contributed by atoms with Crippen molar-refractivity contribution in [3.63, 3.8) is 0 Å². The van der Waals surface area contributed by atoms with Crippen molar-refractivity contribution in [1.29, 1.82) is 0 Å². The van der Waals surface area contributed by atoms with E-state index in [4.69, 9.17) is 4.98 Å². The molecule has 0 saturated heterocycles. The van der Waals surface area contributed by atoms with Crippen molar-refractivity contribution >= 4 is 54.4 Å². The highest BCUT2D eigenvalue weighted by molar-refractivity contribution is 6.10. The predicted octanol–water partition coefficient (Wildman–Crippen LogP) is 15.1. The van der Waals surface area contributed by atoms with E-state index in [-0.39, 0.29) is 0 Å². The molecule has 0 N–H and O–H groups in total. The lowest BCUT2D eigenvalue weighted by Gasteiger charge is -2.14. The first-order valence-electron chi connectivity index (χ1n) is 20.5. The molecule has 0 aliphatic rings. The quantitative estimate of drug-likeness (QED) is 0.165. The van der Waals surface area contributed by atoms with Gasteiger partial charge in [-0.05, 0) is 93.7 Å². The minimum Gasteiger partial charge on any atom is -0.309 e. The number of nitrogens with zero attached hydrogens (tertiary/aromatic N) is 3. The first kappa shape index (κ1) is 34.1. The second kappa shape index (κ2) is 13.8. The standard InChI is InChI=1S/C57H37N3/c1-2-20-46-39(14-1)15-13-25-47(46)40-32-30-38(31-33-40)43-36-52(41-16-11-18-44(34-41)59-54-26-7-3-21-48(54)49-22-4-8-27-55(49)59)58-53(37-43)42-17-12-19-45(35-42)60-56-28-9-5-23-50(56)51-24-6-10-29-57(51)60/h1-37H. The average Bonchev–Trinajstić information content (AvgIpc) is 3.85. The van der Waals surface area contributed by atoms with E-state index < -0.39 is 0 Å². The molecule has 3 nitrogen and oxygen atoms in total. The van der Waals surface area contributed by atoms with E-state index >= 15 is 0 Å². The molecule has 0 fully saturated rings. The van der Waals surface area contributed by atoms with E-state index in [0.29, 0.717) is 0 Å². The zero-order chi connectivity index (χ0) is 39.6. The van der Waals surface area contributed by atoms with Gasteiger partial charge in [-0.15, -0.1) is 0 Å². The lowest BCUT2D eigenvalue weighted by atomic mass is 9.95. The third-order valence-corrected chi connectivity index (χ3v) is 12.1. The van der Waals surface area contributed by atoms with Gasteiger partial charge in [0.15, 0.2) is 0 Å². The Kier molecular flexibility index (Phi) is 7.85. The zero-order valence-electron chi connectivity index (χ0n) is 32.7. The average molecular weight is 764 g/mol. The molecule has 0 radical (unpaired) electrons. The van der Waals surface area contributed by atoms with Gasteiger partial charge in [-0.1, -0.05) is 164 Å². The Balaban J connectivity index is 1.03. The van der Waals surface area contributed by atoms with Crippen molar-refractivity contribution in [2.45, 2.75) is 0 Å². The van der Waals surface area contributed by atoms with E-state index in [9.17, 15) is 0 Å². The summed E-state index contributed by atoms with van der Waals surface area (Å²) in [6.45, 7) is 0. The Hall–Kier alpha value is -8.01. The van der Waals surface area contributed by atoms with Gasteiger partial charge in [0.25, 0.3) is 0 Å². The molecule has 12 aromatic rings. The third-order valence-electron chi connectivity index (χ3n) is 12.1. The van der Waals surface area contributed by atoms with Gasteiger partial charge in [0, 0.05) is 44.0 Å². The van der Waals surface area contributed by atoms with Crippen LogP contribution in [0.5, 0.6) is 0 Å². The Bertz CT molecular complexity index is 3320. The van der Waals surface area contributed by atoms with Gasteiger partial charge in [-0.3, -0.25) is 0 Å². The fourth-order valence-corrected chi connectivity index (χ4v) is 9.32. The van der Waals surface area contributed by atoms with Gasteiger partial charge < -0.3 is 9.13 Å². The van der Waals surface area contributed by atoms with Gasteiger partial charge in [-0.2, -0.15) is 0 Å². The maximum absolute atomic E-state index is 5.47. The third kappa shape index (κ3) is 5.55. The summed E-state index contributed by atoms with van der Waals surface area (Å²) in [5.74, 6) is 0. The SMILES string of the molecule is c1cc(-c2cc(-c3ccc(-c4cccc5ccccc45)cc3)cc(-c3cccc(-n4c5ccccc5c5ccccc54)c3)n2)cc(-n2c3ccccc3c3ccccc32)c1. The summed E-state index contributed by atoms with van der Waals surface area (Å²) >= 11 is 0. The molecular formula is C57H37N3. The van der Waals surface area contributed by atoms with Crippen molar-refractivity contribution in [1.82, 2.24) is 14.1 Å². The Morgan fingerprint density at radius 3 is 1.17 bits per heavy atom. The van der Waals surface area contributed by atoms with Crippen LogP contribution in [0.2, 0.25) is 0 Å². The summed E-state index contributed by atoms with van der Waals surface area (Å²) in [7, 11) is 0. The number of hydrogen-bond donors (Lipinski definition) is 0. The van der Waals surface area contributed by atoms with Crippen LogP contribution in [0.25, 0.3) is 111 Å². The van der Waals surface area contributed by atoms with E-state index in [1.807, 2.05) is 0 Å². The number of hydrogen-bond acceptors (Lipinski definition) is 1. The monoisotopic (exact) mass is 763 g/mol. The molecule has 3 heterocycles. The van der Waals surface area contributed by atoms with Crippen molar-refractivity contribution in [2.24, 2.45) is 0 Å². The molecule has 280 valence electrons. The minimum absolute atomic E-state index is 0.922. The first-order valence-corrected chi connectivity index (χ1v) is 20.5.